The maximum Gasteiger partial charge on any atom is 0.354 e. The molecule has 0 bridgehead atoms. The molecule has 0 saturated heterocycles. The lowest BCUT2D eigenvalue weighted by Crippen LogP contribution is -2.01. The van der Waals surface area contributed by atoms with Gasteiger partial charge in [-0.25, -0.2) is 14.8 Å². The van der Waals surface area contributed by atoms with E-state index in [2.05, 4.69) is 15.0 Å². The van der Waals surface area contributed by atoms with Crippen molar-refractivity contribution in [2.75, 3.05) is 0 Å². The molecule has 0 saturated carbocycles. The van der Waals surface area contributed by atoms with Crippen LogP contribution in [0.4, 0.5) is 0 Å². The maximum atomic E-state index is 10.6. The van der Waals surface area contributed by atoms with E-state index in [4.69, 9.17) is 5.11 Å². The summed E-state index contributed by atoms with van der Waals surface area (Å²) in [5.74, 6) is -1.06. The van der Waals surface area contributed by atoms with Crippen molar-refractivity contribution < 1.29 is 9.90 Å². The quantitative estimate of drug-likeness (QED) is 0.725. The zero-order chi connectivity index (χ0) is 10.1. The lowest BCUT2D eigenvalue weighted by molar-refractivity contribution is 0.0691. The number of pyridine rings is 1. The van der Waals surface area contributed by atoms with Crippen LogP contribution in [0, 0.1) is 6.92 Å². The van der Waals surface area contributed by atoms with Gasteiger partial charge in [-0.3, -0.25) is 4.98 Å². The number of carboxylic acid groups (broad SMARTS) is 1. The van der Waals surface area contributed by atoms with Crippen LogP contribution >= 0.6 is 0 Å². The van der Waals surface area contributed by atoms with E-state index in [0.717, 1.165) is 0 Å². The van der Waals surface area contributed by atoms with Gasteiger partial charge in [0.1, 0.15) is 5.52 Å². The molecule has 5 heteroatoms. The summed E-state index contributed by atoms with van der Waals surface area (Å²) in [6, 6.07) is 3.01. The first-order chi connectivity index (χ1) is 6.66. The molecule has 2 aromatic heterocycles. The van der Waals surface area contributed by atoms with Crippen molar-refractivity contribution in [3.8, 4) is 0 Å². The predicted octanol–water partition coefficient (Wildman–Crippen LogP) is 1.03. The van der Waals surface area contributed by atoms with Gasteiger partial charge < -0.3 is 5.11 Å². The summed E-state index contributed by atoms with van der Waals surface area (Å²) in [4.78, 5) is 22.6. The van der Waals surface area contributed by atoms with Crippen LogP contribution in [-0.2, 0) is 0 Å². The van der Waals surface area contributed by atoms with Crippen LogP contribution in [0.1, 0.15) is 16.2 Å². The second kappa shape index (κ2) is 3.02. The zero-order valence-corrected chi connectivity index (χ0v) is 7.43. The van der Waals surface area contributed by atoms with Crippen LogP contribution in [0.25, 0.3) is 11.2 Å². The highest BCUT2D eigenvalue weighted by molar-refractivity contribution is 5.87. The zero-order valence-electron chi connectivity index (χ0n) is 7.43. The topological polar surface area (TPSA) is 76.0 Å². The number of carbonyl (C=O) groups is 1. The third-order valence-electron chi connectivity index (χ3n) is 1.75. The molecule has 0 fully saturated rings. The van der Waals surface area contributed by atoms with Crippen molar-refractivity contribution in [1.29, 1.82) is 0 Å². The molecule has 0 radical (unpaired) electrons. The monoisotopic (exact) mass is 189 g/mol. The summed E-state index contributed by atoms with van der Waals surface area (Å²) < 4.78 is 0. The largest absolute Gasteiger partial charge is 0.477 e. The summed E-state index contributed by atoms with van der Waals surface area (Å²) in [5.41, 5.74) is 1.66. The van der Waals surface area contributed by atoms with Crippen molar-refractivity contribution >= 4 is 17.1 Å². The van der Waals surface area contributed by atoms with Crippen molar-refractivity contribution in [2.24, 2.45) is 0 Å². The van der Waals surface area contributed by atoms with Crippen molar-refractivity contribution in [3.05, 3.63) is 29.7 Å². The highest BCUT2D eigenvalue weighted by Gasteiger charge is 2.06. The Hall–Kier alpha value is -2.04. The molecule has 2 aromatic rings. The third-order valence-corrected chi connectivity index (χ3v) is 1.75. The van der Waals surface area contributed by atoms with Gasteiger partial charge in [-0.15, -0.1) is 0 Å². The molecule has 0 aliphatic rings. The van der Waals surface area contributed by atoms with E-state index >= 15 is 0 Å². The standard InChI is InChI=1S/C9H7N3O2/c1-5-4-10-6-2-3-7(9(13)14)12-8(6)11-5/h2-4H,1H3,(H,13,14). The molecular weight excluding hydrogens is 182 g/mol. The molecule has 0 aromatic carbocycles. The molecule has 5 nitrogen and oxygen atoms in total. The lowest BCUT2D eigenvalue weighted by atomic mass is 10.3. The first-order valence-electron chi connectivity index (χ1n) is 4.00. The number of aromatic carboxylic acids is 1. The minimum atomic E-state index is -1.06. The second-order valence-electron chi connectivity index (χ2n) is 2.86. The van der Waals surface area contributed by atoms with E-state index in [1.165, 1.54) is 6.07 Å². The predicted molar refractivity (Wildman–Crippen MR) is 49.0 cm³/mol. The van der Waals surface area contributed by atoms with Crippen LogP contribution in [0.3, 0.4) is 0 Å². The highest BCUT2D eigenvalue weighted by atomic mass is 16.4. The van der Waals surface area contributed by atoms with Crippen molar-refractivity contribution in [1.82, 2.24) is 15.0 Å². The Kier molecular flexibility index (Phi) is 1.85. The molecule has 0 amide bonds. The van der Waals surface area contributed by atoms with Gasteiger partial charge in [0.25, 0.3) is 0 Å². The van der Waals surface area contributed by atoms with Gasteiger partial charge in [-0.05, 0) is 19.1 Å². The average Bonchev–Trinajstić information content (AvgIpc) is 2.16. The molecule has 1 N–H and O–H groups in total. The van der Waals surface area contributed by atoms with Crippen molar-refractivity contribution in [3.63, 3.8) is 0 Å². The Morgan fingerprint density at radius 2 is 2.14 bits per heavy atom. The number of aromatic nitrogens is 3. The van der Waals surface area contributed by atoms with Gasteiger partial charge in [0.2, 0.25) is 0 Å². The Morgan fingerprint density at radius 3 is 2.86 bits per heavy atom. The molecule has 14 heavy (non-hydrogen) atoms. The molecule has 0 spiro atoms. The van der Waals surface area contributed by atoms with E-state index in [9.17, 15) is 4.79 Å². The molecule has 70 valence electrons. The Labute approximate surface area is 79.5 Å². The number of nitrogens with zero attached hydrogens (tertiary/aromatic N) is 3. The van der Waals surface area contributed by atoms with E-state index in [0.29, 0.717) is 16.9 Å². The van der Waals surface area contributed by atoms with Crippen LogP contribution in [0.5, 0.6) is 0 Å². The van der Waals surface area contributed by atoms with Gasteiger partial charge in [0, 0.05) is 6.20 Å². The smallest absolute Gasteiger partial charge is 0.354 e. The fraction of sp³-hybridized carbons (Fsp3) is 0.111. The van der Waals surface area contributed by atoms with E-state index < -0.39 is 5.97 Å². The normalized spacial score (nSPS) is 10.4. The fourth-order valence-corrected chi connectivity index (χ4v) is 1.10. The first kappa shape index (κ1) is 8.55. The summed E-state index contributed by atoms with van der Waals surface area (Å²) in [7, 11) is 0. The molecule has 0 unspecified atom stereocenters. The molecule has 0 aliphatic carbocycles. The SMILES string of the molecule is Cc1cnc2ccc(C(=O)O)nc2n1. The van der Waals surface area contributed by atoms with Gasteiger partial charge in [-0.2, -0.15) is 0 Å². The number of aryl methyl sites for hydroxylation is 1. The summed E-state index contributed by atoms with van der Waals surface area (Å²) >= 11 is 0. The van der Waals surface area contributed by atoms with E-state index in [1.54, 1.807) is 19.2 Å². The summed E-state index contributed by atoms with van der Waals surface area (Å²) in [6.45, 7) is 1.78. The molecule has 0 atom stereocenters. The number of hydrogen-bond donors (Lipinski definition) is 1. The minimum absolute atomic E-state index is 0.0163. The van der Waals surface area contributed by atoms with E-state index in [1.807, 2.05) is 0 Å². The first-order valence-corrected chi connectivity index (χ1v) is 4.00. The minimum Gasteiger partial charge on any atom is -0.477 e. The Balaban J connectivity index is 2.69. The van der Waals surface area contributed by atoms with Gasteiger partial charge >= 0.3 is 5.97 Å². The van der Waals surface area contributed by atoms with Crippen LogP contribution in [0.15, 0.2) is 18.3 Å². The van der Waals surface area contributed by atoms with Crippen LogP contribution in [-0.4, -0.2) is 26.0 Å². The third kappa shape index (κ3) is 1.39. The summed E-state index contributed by atoms with van der Waals surface area (Å²) in [5, 5.41) is 8.70. The second-order valence-corrected chi connectivity index (χ2v) is 2.86. The fourth-order valence-electron chi connectivity index (χ4n) is 1.10. The molecule has 2 heterocycles. The number of hydrogen-bond acceptors (Lipinski definition) is 4. The van der Waals surface area contributed by atoms with Gasteiger partial charge in [0.15, 0.2) is 11.3 Å². The highest BCUT2D eigenvalue weighted by Crippen LogP contribution is 2.07. The lowest BCUT2D eigenvalue weighted by Gasteiger charge is -1.98. The van der Waals surface area contributed by atoms with Crippen LogP contribution in [0.2, 0.25) is 0 Å². The summed E-state index contributed by atoms with van der Waals surface area (Å²) in [6.07, 6.45) is 1.62. The number of fused-ring (bicyclic) bond motifs is 1. The number of carboxylic acids is 1. The van der Waals surface area contributed by atoms with Gasteiger partial charge in [-0.1, -0.05) is 0 Å². The maximum absolute atomic E-state index is 10.6. The van der Waals surface area contributed by atoms with Gasteiger partial charge in [0.05, 0.1) is 5.69 Å². The molecule has 2 rings (SSSR count). The number of rotatable bonds is 1. The Bertz CT molecular complexity index is 510. The van der Waals surface area contributed by atoms with Crippen molar-refractivity contribution in [2.45, 2.75) is 6.92 Å². The molecular formula is C9H7N3O2. The molecule has 0 aliphatic heterocycles. The Morgan fingerprint density at radius 1 is 1.36 bits per heavy atom. The van der Waals surface area contributed by atoms with Crippen LogP contribution < -0.4 is 0 Å². The average molecular weight is 189 g/mol. The van der Waals surface area contributed by atoms with E-state index in [-0.39, 0.29) is 5.69 Å².